The van der Waals surface area contributed by atoms with Crippen molar-refractivity contribution in [2.75, 3.05) is 5.32 Å². The predicted molar refractivity (Wildman–Crippen MR) is 68.0 cm³/mol. The van der Waals surface area contributed by atoms with Crippen LogP contribution in [0.2, 0.25) is 10.0 Å². The van der Waals surface area contributed by atoms with Gasteiger partial charge < -0.3 is 5.32 Å². The summed E-state index contributed by atoms with van der Waals surface area (Å²) in [5.41, 5.74) is 1.90. The first-order valence-corrected chi connectivity index (χ1v) is 5.60. The van der Waals surface area contributed by atoms with E-state index in [1.807, 2.05) is 30.3 Å². The molecule has 82 valence electrons. The van der Waals surface area contributed by atoms with E-state index in [-0.39, 0.29) is 0 Å². The van der Waals surface area contributed by atoms with Crippen LogP contribution in [-0.4, -0.2) is 4.98 Å². The molecule has 2 aromatic rings. The van der Waals surface area contributed by atoms with E-state index in [4.69, 9.17) is 23.2 Å². The SMILES string of the molecule is Clc1ccccc1CNc1ccncc1Cl. The zero-order chi connectivity index (χ0) is 11.4. The average Bonchev–Trinajstić information content (AvgIpc) is 2.30. The van der Waals surface area contributed by atoms with Crippen molar-refractivity contribution in [3.63, 3.8) is 0 Å². The Bertz CT molecular complexity index is 440. The summed E-state index contributed by atoms with van der Waals surface area (Å²) >= 11 is 12.0. The van der Waals surface area contributed by atoms with Crippen LogP contribution in [0.1, 0.15) is 5.56 Å². The lowest BCUT2D eigenvalue weighted by molar-refractivity contribution is 1.14. The summed E-state index contributed by atoms with van der Waals surface area (Å²) in [7, 11) is 0. The standard InChI is InChI=1S/C12H10Cl2N2/c13-10-4-2-1-3-9(10)7-16-12-5-6-15-8-11(12)14/h1-6,8H,7H2,(H,15,16). The minimum absolute atomic E-state index is 0.606. The number of halogens is 2. The third kappa shape index (κ3) is 2.65. The van der Waals surface area contributed by atoms with E-state index in [2.05, 4.69) is 10.3 Å². The van der Waals surface area contributed by atoms with E-state index in [1.165, 1.54) is 0 Å². The Kier molecular flexibility index (Phi) is 3.65. The van der Waals surface area contributed by atoms with Crippen LogP contribution in [0.15, 0.2) is 42.7 Å². The Morgan fingerprint density at radius 3 is 2.62 bits per heavy atom. The van der Waals surface area contributed by atoms with Crippen molar-refractivity contribution in [1.29, 1.82) is 0 Å². The molecule has 0 radical (unpaired) electrons. The topological polar surface area (TPSA) is 24.9 Å². The largest absolute Gasteiger partial charge is 0.380 e. The molecule has 0 aliphatic rings. The van der Waals surface area contributed by atoms with Crippen LogP contribution in [0, 0.1) is 0 Å². The molecule has 0 unspecified atom stereocenters. The Morgan fingerprint density at radius 2 is 1.88 bits per heavy atom. The van der Waals surface area contributed by atoms with Gasteiger partial charge in [0.05, 0.1) is 10.7 Å². The molecule has 0 amide bonds. The lowest BCUT2D eigenvalue weighted by atomic mass is 10.2. The van der Waals surface area contributed by atoms with Gasteiger partial charge in [-0.05, 0) is 17.7 Å². The highest BCUT2D eigenvalue weighted by Crippen LogP contribution is 2.21. The first kappa shape index (κ1) is 11.2. The van der Waals surface area contributed by atoms with Crippen LogP contribution in [0.4, 0.5) is 5.69 Å². The number of anilines is 1. The zero-order valence-corrected chi connectivity index (χ0v) is 9.96. The summed E-state index contributed by atoms with van der Waals surface area (Å²) in [4.78, 5) is 3.92. The quantitative estimate of drug-likeness (QED) is 0.894. The molecule has 1 aromatic carbocycles. The van der Waals surface area contributed by atoms with Gasteiger partial charge in [0, 0.05) is 24.0 Å². The van der Waals surface area contributed by atoms with Crippen LogP contribution in [0.25, 0.3) is 0 Å². The van der Waals surface area contributed by atoms with Crippen molar-refractivity contribution in [3.8, 4) is 0 Å². The Labute approximate surface area is 104 Å². The van der Waals surface area contributed by atoms with Crippen LogP contribution in [-0.2, 0) is 6.54 Å². The van der Waals surface area contributed by atoms with E-state index < -0.39 is 0 Å². The lowest BCUT2D eigenvalue weighted by Gasteiger charge is -2.08. The summed E-state index contributed by atoms with van der Waals surface area (Å²) in [6.45, 7) is 0.642. The number of nitrogens with zero attached hydrogens (tertiary/aromatic N) is 1. The minimum Gasteiger partial charge on any atom is -0.380 e. The molecule has 0 spiro atoms. The summed E-state index contributed by atoms with van der Waals surface area (Å²) < 4.78 is 0. The highest BCUT2D eigenvalue weighted by Gasteiger charge is 2.01. The van der Waals surface area contributed by atoms with Gasteiger partial charge in [-0.3, -0.25) is 4.98 Å². The van der Waals surface area contributed by atoms with E-state index in [9.17, 15) is 0 Å². The molecule has 2 rings (SSSR count). The van der Waals surface area contributed by atoms with Crippen molar-refractivity contribution in [3.05, 3.63) is 58.3 Å². The predicted octanol–water partition coefficient (Wildman–Crippen LogP) is 4.00. The molecule has 1 aromatic heterocycles. The first-order chi connectivity index (χ1) is 7.77. The van der Waals surface area contributed by atoms with E-state index in [0.717, 1.165) is 16.3 Å². The van der Waals surface area contributed by atoms with Crippen molar-refractivity contribution >= 4 is 28.9 Å². The first-order valence-electron chi connectivity index (χ1n) is 4.84. The zero-order valence-electron chi connectivity index (χ0n) is 8.45. The number of hydrogen-bond donors (Lipinski definition) is 1. The summed E-state index contributed by atoms with van der Waals surface area (Å²) in [5.74, 6) is 0. The molecule has 0 saturated carbocycles. The van der Waals surface area contributed by atoms with Gasteiger partial charge >= 0.3 is 0 Å². The van der Waals surface area contributed by atoms with E-state index in [1.54, 1.807) is 12.4 Å². The molecule has 1 N–H and O–H groups in total. The third-order valence-electron chi connectivity index (χ3n) is 2.20. The van der Waals surface area contributed by atoms with Crippen LogP contribution >= 0.6 is 23.2 Å². The minimum atomic E-state index is 0.606. The number of hydrogen-bond acceptors (Lipinski definition) is 2. The smallest absolute Gasteiger partial charge is 0.0820 e. The van der Waals surface area contributed by atoms with Crippen molar-refractivity contribution in [2.24, 2.45) is 0 Å². The normalized spacial score (nSPS) is 10.1. The number of rotatable bonds is 3. The molecule has 16 heavy (non-hydrogen) atoms. The van der Waals surface area contributed by atoms with Crippen molar-refractivity contribution in [1.82, 2.24) is 4.98 Å². The van der Waals surface area contributed by atoms with Gasteiger partial charge in [0.1, 0.15) is 0 Å². The maximum absolute atomic E-state index is 6.04. The third-order valence-corrected chi connectivity index (χ3v) is 2.87. The fraction of sp³-hybridized carbons (Fsp3) is 0.0833. The second kappa shape index (κ2) is 5.19. The fourth-order valence-corrected chi connectivity index (χ4v) is 1.74. The fourth-order valence-electron chi connectivity index (χ4n) is 1.35. The molecule has 1 heterocycles. The monoisotopic (exact) mass is 252 g/mol. The van der Waals surface area contributed by atoms with Crippen LogP contribution < -0.4 is 5.32 Å². The molecule has 0 saturated heterocycles. The Balaban J connectivity index is 2.09. The van der Waals surface area contributed by atoms with Gasteiger partial charge in [-0.1, -0.05) is 41.4 Å². The summed E-state index contributed by atoms with van der Waals surface area (Å²) in [5, 5.41) is 4.57. The molecule has 0 aliphatic heterocycles. The second-order valence-electron chi connectivity index (χ2n) is 3.30. The van der Waals surface area contributed by atoms with Crippen molar-refractivity contribution < 1.29 is 0 Å². The average molecular weight is 253 g/mol. The van der Waals surface area contributed by atoms with Gasteiger partial charge in [0.2, 0.25) is 0 Å². The molecule has 0 atom stereocenters. The van der Waals surface area contributed by atoms with E-state index >= 15 is 0 Å². The summed E-state index contributed by atoms with van der Waals surface area (Å²) in [6, 6.07) is 9.54. The Hall–Kier alpha value is -1.25. The van der Waals surface area contributed by atoms with E-state index in [0.29, 0.717) is 11.6 Å². The Morgan fingerprint density at radius 1 is 1.06 bits per heavy atom. The van der Waals surface area contributed by atoms with Gasteiger partial charge in [0.25, 0.3) is 0 Å². The van der Waals surface area contributed by atoms with Gasteiger partial charge in [-0.2, -0.15) is 0 Å². The van der Waals surface area contributed by atoms with Crippen LogP contribution in [0.3, 0.4) is 0 Å². The maximum Gasteiger partial charge on any atom is 0.0820 e. The number of nitrogens with one attached hydrogen (secondary N) is 1. The van der Waals surface area contributed by atoms with Gasteiger partial charge in [0.15, 0.2) is 0 Å². The lowest BCUT2D eigenvalue weighted by Crippen LogP contribution is -2.00. The molecule has 0 aliphatic carbocycles. The second-order valence-corrected chi connectivity index (χ2v) is 4.11. The van der Waals surface area contributed by atoms with Gasteiger partial charge in [-0.15, -0.1) is 0 Å². The maximum atomic E-state index is 6.04. The molecule has 0 bridgehead atoms. The van der Waals surface area contributed by atoms with Crippen molar-refractivity contribution in [2.45, 2.75) is 6.54 Å². The number of aromatic nitrogens is 1. The molecular formula is C12H10Cl2N2. The molecular weight excluding hydrogens is 243 g/mol. The highest BCUT2D eigenvalue weighted by atomic mass is 35.5. The van der Waals surface area contributed by atoms with Crippen LogP contribution in [0.5, 0.6) is 0 Å². The number of benzene rings is 1. The highest BCUT2D eigenvalue weighted by molar-refractivity contribution is 6.33. The summed E-state index contributed by atoms with van der Waals surface area (Å²) in [6.07, 6.45) is 3.30. The molecule has 4 heteroatoms. The van der Waals surface area contributed by atoms with Gasteiger partial charge in [-0.25, -0.2) is 0 Å². The molecule has 0 fully saturated rings. The number of pyridine rings is 1. The molecule has 2 nitrogen and oxygen atoms in total.